The third kappa shape index (κ3) is 6.33. The Bertz CT molecular complexity index is 980. The van der Waals surface area contributed by atoms with Crippen molar-refractivity contribution in [1.29, 1.82) is 0 Å². The molecule has 1 heterocycles. The summed E-state index contributed by atoms with van der Waals surface area (Å²) in [5.74, 6) is 1.15. The van der Waals surface area contributed by atoms with Gasteiger partial charge in [-0.1, -0.05) is 44.2 Å². The summed E-state index contributed by atoms with van der Waals surface area (Å²) in [6.07, 6.45) is 0. The van der Waals surface area contributed by atoms with E-state index in [2.05, 4.69) is 17.0 Å². The lowest BCUT2D eigenvalue weighted by atomic mass is 9.88. The van der Waals surface area contributed by atoms with Crippen LogP contribution in [0.15, 0.2) is 48.5 Å². The maximum atomic E-state index is 12.9. The largest absolute Gasteiger partial charge is 0.497 e. The first kappa shape index (κ1) is 25.6. The van der Waals surface area contributed by atoms with Crippen molar-refractivity contribution in [3.05, 3.63) is 69.8 Å². The van der Waals surface area contributed by atoms with Gasteiger partial charge in [-0.15, -0.1) is 0 Å². The number of hydrogen-bond donors (Lipinski definition) is 0. The average Bonchev–Trinajstić information content (AvgIpc) is 3.23. The van der Waals surface area contributed by atoms with Crippen LogP contribution >= 0.6 is 0 Å². The van der Waals surface area contributed by atoms with Gasteiger partial charge in [-0.3, -0.25) is 19.8 Å². The summed E-state index contributed by atoms with van der Waals surface area (Å²) in [6, 6.07) is 15.0. The molecule has 2 atom stereocenters. The number of amides is 1. The number of methoxy groups -OCH3 is 2. The zero-order valence-corrected chi connectivity index (χ0v) is 20.5. The zero-order valence-electron chi connectivity index (χ0n) is 20.5. The van der Waals surface area contributed by atoms with Gasteiger partial charge < -0.3 is 14.4 Å². The Morgan fingerprint density at radius 1 is 1.18 bits per heavy atom. The van der Waals surface area contributed by atoms with Crippen LogP contribution in [0.5, 0.6) is 5.75 Å². The van der Waals surface area contributed by atoms with E-state index in [1.165, 1.54) is 0 Å². The van der Waals surface area contributed by atoms with E-state index >= 15 is 0 Å². The molecule has 184 valence electrons. The Morgan fingerprint density at radius 3 is 2.62 bits per heavy atom. The molecule has 8 heteroatoms. The first-order valence-corrected chi connectivity index (χ1v) is 11.7. The maximum Gasteiger partial charge on any atom is 0.273 e. The molecule has 1 saturated heterocycles. The van der Waals surface area contributed by atoms with E-state index in [9.17, 15) is 14.9 Å². The second-order valence-electron chi connectivity index (χ2n) is 9.15. The summed E-state index contributed by atoms with van der Waals surface area (Å²) < 4.78 is 10.7. The lowest BCUT2D eigenvalue weighted by Gasteiger charge is -2.30. The quantitative estimate of drug-likeness (QED) is 0.366. The molecule has 2 unspecified atom stereocenters. The van der Waals surface area contributed by atoms with Crippen molar-refractivity contribution in [2.75, 3.05) is 47.0 Å². The number of carbonyl (C=O) groups is 1. The van der Waals surface area contributed by atoms with Gasteiger partial charge in [-0.05, 0) is 23.6 Å². The SMILES string of the molecule is COCCN(CC1CN(Cc2ccccc2[N+](=O)[O-])CC1c1cccc(OC)c1)C(=O)C(C)C. The molecule has 34 heavy (non-hydrogen) atoms. The van der Waals surface area contributed by atoms with Crippen LogP contribution in [0.2, 0.25) is 0 Å². The van der Waals surface area contributed by atoms with Gasteiger partial charge in [-0.2, -0.15) is 0 Å². The molecule has 2 aromatic carbocycles. The van der Waals surface area contributed by atoms with Crippen molar-refractivity contribution in [3.63, 3.8) is 0 Å². The number of ether oxygens (including phenoxy) is 2. The maximum absolute atomic E-state index is 12.9. The number of nitrogens with zero attached hydrogens (tertiary/aromatic N) is 3. The predicted octanol–water partition coefficient (Wildman–Crippen LogP) is 3.95. The van der Waals surface area contributed by atoms with Crippen molar-refractivity contribution < 1.29 is 19.2 Å². The van der Waals surface area contributed by atoms with Crippen LogP contribution in [0, 0.1) is 22.0 Å². The van der Waals surface area contributed by atoms with Gasteiger partial charge >= 0.3 is 0 Å². The van der Waals surface area contributed by atoms with Gasteiger partial charge in [0.1, 0.15) is 5.75 Å². The molecule has 0 saturated carbocycles. The van der Waals surface area contributed by atoms with Crippen LogP contribution < -0.4 is 4.74 Å². The highest BCUT2D eigenvalue weighted by atomic mass is 16.6. The lowest BCUT2D eigenvalue weighted by molar-refractivity contribution is -0.385. The highest BCUT2D eigenvalue weighted by molar-refractivity contribution is 5.78. The minimum Gasteiger partial charge on any atom is -0.497 e. The Kier molecular flexibility index (Phi) is 9.01. The summed E-state index contributed by atoms with van der Waals surface area (Å²) in [6.45, 7) is 7.43. The standard InChI is InChI=1S/C26H35N3O5/c1-19(2)26(30)28(12-13-33-3)17-22-16-27(15-21-8-5-6-11-25(21)29(31)32)18-24(22)20-9-7-10-23(14-20)34-4/h5-11,14,19,22,24H,12-13,15-18H2,1-4H3. The third-order valence-electron chi connectivity index (χ3n) is 6.45. The van der Waals surface area contributed by atoms with E-state index in [4.69, 9.17) is 9.47 Å². The van der Waals surface area contributed by atoms with Crippen molar-refractivity contribution in [2.45, 2.75) is 26.3 Å². The van der Waals surface area contributed by atoms with Gasteiger partial charge in [0.2, 0.25) is 5.91 Å². The first-order chi connectivity index (χ1) is 16.3. The van der Waals surface area contributed by atoms with Gasteiger partial charge in [0.05, 0.1) is 18.6 Å². The molecule has 8 nitrogen and oxygen atoms in total. The van der Waals surface area contributed by atoms with Crippen molar-refractivity contribution in [2.24, 2.45) is 11.8 Å². The summed E-state index contributed by atoms with van der Waals surface area (Å²) in [7, 11) is 3.29. The summed E-state index contributed by atoms with van der Waals surface area (Å²) in [5, 5.41) is 11.5. The van der Waals surface area contributed by atoms with E-state index in [0.717, 1.165) is 24.4 Å². The van der Waals surface area contributed by atoms with Gasteiger partial charge in [0, 0.05) is 63.3 Å². The molecule has 0 spiro atoms. The van der Waals surface area contributed by atoms with E-state index < -0.39 is 0 Å². The Hall–Kier alpha value is -2.97. The van der Waals surface area contributed by atoms with E-state index in [1.807, 2.05) is 43.0 Å². The molecule has 0 bridgehead atoms. The molecular weight excluding hydrogens is 434 g/mol. The normalized spacial score (nSPS) is 18.3. The molecule has 0 aliphatic carbocycles. The number of para-hydroxylation sites is 1. The minimum absolute atomic E-state index is 0.100. The molecule has 0 N–H and O–H groups in total. The molecule has 2 aromatic rings. The second-order valence-corrected chi connectivity index (χ2v) is 9.15. The van der Waals surface area contributed by atoms with Crippen LogP contribution in [0.4, 0.5) is 5.69 Å². The molecule has 0 aromatic heterocycles. The average molecular weight is 470 g/mol. The Morgan fingerprint density at radius 2 is 1.94 bits per heavy atom. The first-order valence-electron chi connectivity index (χ1n) is 11.7. The Labute approximate surface area is 201 Å². The highest BCUT2D eigenvalue weighted by Gasteiger charge is 2.36. The van der Waals surface area contributed by atoms with Crippen LogP contribution in [-0.4, -0.2) is 67.6 Å². The van der Waals surface area contributed by atoms with Gasteiger partial charge in [0.15, 0.2) is 0 Å². The summed E-state index contributed by atoms with van der Waals surface area (Å²) in [5.41, 5.74) is 1.99. The smallest absolute Gasteiger partial charge is 0.273 e. The van der Waals surface area contributed by atoms with Gasteiger partial charge in [0.25, 0.3) is 5.69 Å². The van der Waals surface area contributed by atoms with Crippen molar-refractivity contribution >= 4 is 11.6 Å². The Balaban J connectivity index is 1.87. The number of carbonyl (C=O) groups excluding carboxylic acids is 1. The van der Waals surface area contributed by atoms with E-state index in [1.54, 1.807) is 26.4 Å². The van der Waals surface area contributed by atoms with Crippen LogP contribution in [-0.2, 0) is 16.1 Å². The number of nitro groups is 1. The van der Waals surface area contributed by atoms with Crippen LogP contribution in [0.1, 0.15) is 30.9 Å². The molecule has 1 amide bonds. The lowest BCUT2D eigenvalue weighted by Crippen LogP contribution is -2.41. The fourth-order valence-corrected chi connectivity index (χ4v) is 4.73. The number of likely N-dealkylation sites (tertiary alicyclic amines) is 1. The van der Waals surface area contributed by atoms with Crippen molar-refractivity contribution in [3.8, 4) is 5.75 Å². The molecule has 1 fully saturated rings. The van der Waals surface area contributed by atoms with Gasteiger partial charge in [-0.25, -0.2) is 0 Å². The number of hydrogen-bond acceptors (Lipinski definition) is 6. The fraction of sp³-hybridized carbons (Fsp3) is 0.500. The zero-order chi connectivity index (χ0) is 24.7. The number of nitro benzene ring substituents is 1. The predicted molar refractivity (Wildman–Crippen MR) is 131 cm³/mol. The molecule has 1 aliphatic heterocycles. The minimum atomic E-state index is -0.323. The second kappa shape index (κ2) is 11.9. The van der Waals surface area contributed by atoms with E-state index in [-0.39, 0.29) is 34.3 Å². The summed E-state index contributed by atoms with van der Waals surface area (Å²) >= 11 is 0. The molecule has 0 radical (unpaired) electrons. The van der Waals surface area contributed by atoms with Crippen molar-refractivity contribution in [1.82, 2.24) is 9.80 Å². The van der Waals surface area contributed by atoms with E-state index in [0.29, 0.717) is 31.8 Å². The number of benzene rings is 2. The topological polar surface area (TPSA) is 85.2 Å². The monoisotopic (exact) mass is 469 g/mol. The third-order valence-corrected chi connectivity index (χ3v) is 6.45. The highest BCUT2D eigenvalue weighted by Crippen LogP contribution is 2.36. The summed E-state index contributed by atoms with van der Waals surface area (Å²) in [4.78, 5) is 28.3. The molecular formula is C26H35N3O5. The fourth-order valence-electron chi connectivity index (χ4n) is 4.73. The van der Waals surface area contributed by atoms with Crippen LogP contribution in [0.25, 0.3) is 0 Å². The molecule has 1 aliphatic rings. The number of rotatable bonds is 11. The van der Waals surface area contributed by atoms with Crippen LogP contribution in [0.3, 0.4) is 0 Å². The molecule has 3 rings (SSSR count).